The summed E-state index contributed by atoms with van der Waals surface area (Å²) in [5, 5.41) is 6.06. The van der Waals surface area contributed by atoms with Crippen molar-refractivity contribution in [2.45, 2.75) is 31.3 Å². The second-order valence-electron chi connectivity index (χ2n) is 6.77. The van der Waals surface area contributed by atoms with Gasteiger partial charge in [0.2, 0.25) is 11.8 Å². The number of hydrogen-bond donors (Lipinski definition) is 2. The molecule has 2 aromatic carbocycles. The first-order valence-corrected chi connectivity index (χ1v) is 9.60. The number of nitrogens with one attached hydrogen (secondary N) is 2. The van der Waals surface area contributed by atoms with Gasteiger partial charge in [0.25, 0.3) is 0 Å². The Balaban J connectivity index is 1.38. The number of rotatable bonds is 4. The van der Waals surface area contributed by atoms with Gasteiger partial charge in [0.05, 0.1) is 11.4 Å². The second kappa shape index (κ2) is 7.11. The fourth-order valence-corrected chi connectivity index (χ4v) is 4.23. The molecule has 134 valence electrons. The average molecular weight is 414 g/mol. The van der Waals surface area contributed by atoms with Crippen molar-refractivity contribution in [3.8, 4) is 0 Å². The van der Waals surface area contributed by atoms with Crippen LogP contribution in [-0.2, 0) is 16.0 Å². The van der Waals surface area contributed by atoms with E-state index in [1.54, 1.807) is 0 Å². The minimum atomic E-state index is -0.210. The lowest BCUT2D eigenvalue weighted by Gasteiger charge is -2.32. The van der Waals surface area contributed by atoms with Crippen molar-refractivity contribution in [3.05, 3.63) is 58.6 Å². The maximum atomic E-state index is 12.4. The Bertz CT molecular complexity index is 854. The van der Waals surface area contributed by atoms with Gasteiger partial charge in [0.15, 0.2) is 0 Å². The van der Waals surface area contributed by atoms with Gasteiger partial charge < -0.3 is 15.5 Å². The van der Waals surface area contributed by atoms with E-state index in [0.717, 1.165) is 21.4 Å². The van der Waals surface area contributed by atoms with E-state index >= 15 is 0 Å². The largest absolute Gasteiger partial charge is 0.356 e. The van der Waals surface area contributed by atoms with Gasteiger partial charge in [0.1, 0.15) is 6.04 Å². The molecule has 26 heavy (non-hydrogen) atoms. The fraction of sp³-hybridized carbons (Fsp3) is 0.300. The standard InChI is InChI=1S/C20H20BrN3O2/c21-15-6-2-1-5-13(15)9-10-19(25)22-14-11-18-20(26)23-16-7-3-4-8-17(16)24(18)12-14/h1-8,14,18H,9-12H2,(H,22,25)(H,23,26). The number of carbonyl (C=O) groups excluding carboxylic acids is 2. The Morgan fingerprint density at radius 1 is 1.19 bits per heavy atom. The van der Waals surface area contributed by atoms with E-state index in [1.165, 1.54) is 0 Å². The summed E-state index contributed by atoms with van der Waals surface area (Å²) >= 11 is 3.52. The van der Waals surface area contributed by atoms with Crippen LogP contribution in [0.1, 0.15) is 18.4 Å². The normalized spacial score (nSPS) is 21.0. The Labute approximate surface area is 160 Å². The molecule has 2 atom stereocenters. The first kappa shape index (κ1) is 17.1. The number of amides is 2. The molecule has 2 N–H and O–H groups in total. The monoisotopic (exact) mass is 413 g/mol. The number of aryl methyl sites for hydroxylation is 1. The van der Waals surface area contributed by atoms with Gasteiger partial charge in [-0.15, -0.1) is 0 Å². The number of benzene rings is 2. The van der Waals surface area contributed by atoms with Crippen LogP contribution in [0.4, 0.5) is 11.4 Å². The minimum absolute atomic E-state index is 0.00802. The highest BCUT2D eigenvalue weighted by Crippen LogP contribution is 2.36. The van der Waals surface area contributed by atoms with Gasteiger partial charge in [-0.2, -0.15) is 0 Å². The molecule has 0 spiro atoms. The van der Waals surface area contributed by atoms with Crippen LogP contribution in [0.5, 0.6) is 0 Å². The number of fused-ring (bicyclic) bond motifs is 3. The van der Waals surface area contributed by atoms with Crippen LogP contribution >= 0.6 is 15.9 Å². The molecule has 0 radical (unpaired) electrons. The van der Waals surface area contributed by atoms with Gasteiger partial charge in [-0.3, -0.25) is 9.59 Å². The highest BCUT2D eigenvalue weighted by Gasteiger charge is 2.41. The predicted molar refractivity (Wildman–Crippen MR) is 105 cm³/mol. The van der Waals surface area contributed by atoms with E-state index in [1.807, 2.05) is 48.5 Å². The first-order valence-electron chi connectivity index (χ1n) is 8.81. The Morgan fingerprint density at radius 2 is 1.96 bits per heavy atom. The van der Waals surface area contributed by atoms with Crippen LogP contribution in [0.3, 0.4) is 0 Å². The van der Waals surface area contributed by atoms with Crippen molar-refractivity contribution >= 4 is 39.1 Å². The zero-order valence-corrected chi connectivity index (χ0v) is 15.8. The van der Waals surface area contributed by atoms with Crippen LogP contribution < -0.4 is 15.5 Å². The van der Waals surface area contributed by atoms with Crippen molar-refractivity contribution < 1.29 is 9.59 Å². The van der Waals surface area contributed by atoms with Gasteiger partial charge in [-0.25, -0.2) is 0 Å². The average Bonchev–Trinajstić information content (AvgIpc) is 3.06. The van der Waals surface area contributed by atoms with Crippen LogP contribution in [0.25, 0.3) is 0 Å². The van der Waals surface area contributed by atoms with Crippen LogP contribution in [0.15, 0.2) is 53.0 Å². The van der Waals surface area contributed by atoms with Crippen molar-refractivity contribution in [1.29, 1.82) is 0 Å². The second-order valence-corrected chi connectivity index (χ2v) is 7.62. The van der Waals surface area contributed by atoms with Crippen LogP contribution in [0.2, 0.25) is 0 Å². The molecule has 4 rings (SSSR count). The molecule has 0 saturated carbocycles. The van der Waals surface area contributed by atoms with Gasteiger partial charge in [-0.05, 0) is 36.6 Å². The summed E-state index contributed by atoms with van der Waals surface area (Å²) in [6.45, 7) is 0.663. The quantitative estimate of drug-likeness (QED) is 0.809. The molecule has 1 fully saturated rings. The molecular formula is C20H20BrN3O2. The number of carbonyl (C=O) groups is 2. The molecule has 0 aromatic heterocycles. The number of para-hydroxylation sites is 2. The smallest absolute Gasteiger partial charge is 0.247 e. The van der Waals surface area contributed by atoms with Crippen LogP contribution in [0, 0.1) is 0 Å². The Morgan fingerprint density at radius 3 is 2.81 bits per heavy atom. The Kier molecular flexibility index (Phi) is 4.68. The Hall–Kier alpha value is -2.34. The van der Waals surface area contributed by atoms with Crippen LogP contribution in [-0.4, -0.2) is 30.4 Å². The molecule has 2 unspecified atom stereocenters. The zero-order valence-electron chi connectivity index (χ0n) is 14.2. The van der Waals surface area contributed by atoms with Crippen molar-refractivity contribution in [2.75, 3.05) is 16.8 Å². The number of halogens is 1. The number of anilines is 2. The molecule has 0 aliphatic carbocycles. The molecule has 2 aromatic rings. The maximum Gasteiger partial charge on any atom is 0.247 e. The lowest BCUT2D eigenvalue weighted by Crippen LogP contribution is -2.44. The van der Waals surface area contributed by atoms with E-state index in [4.69, 9.17) is 0 Å². The van der Waals surface area contributed by atoms with Crippen molar-refractivity contribution in [3.63, 3.8) is 0 Å². The molecule has 5 nitrogen and oxygen atoms in total. The van der Waals surface area contributed by atoms with Crippen molar-refractivity contribution in [1.82, 2.24) is 5.32 Å². The summed E-state index contributed by atoms with van der Waals surface area (Å²) < 4.78 is 1.03. The minimum Gasteiger partial charge on any atom is -0.356 e. The fourth-order valence-electron chi connectivity index (χ4n) is 3.75. The third-order valence-electron chi connectivity index (χ3n) is 5.02. The lowest BCUT2D eigenvalue weighted by molar-refractivity contribution is -0.122. The highest BCUT2D eigenvalue weighted by atomic mass is 79.9. The molecule has 2 aliphatic heterocycles. The SMILES string of the molecule is O=C(CCc1ccccc1Br)NC1CC2C(=O)Nc3ccccc3N2C1. The summed E-state index contributed by atoms with van der Waals surface area (Å²) in [6, 6.07) is 15.5. The van der Waals surface area contributed by atoms with E-state index < -0.39 is 0 Å². The van der Waals surface area contributed by atoms with E-state index in [-0.39, 0.29) is 23.9 Å². The summed E-state index contributed by atoms with van der Waals surface area (Å²) in [5.74, 6) is 0.0351. The lowest BCUT2D eigenvalue weighted by atomic mass is 10.1. The van der Waals surface area contributed by atoms with E-state index in [0.29, 0.717) is 25.8 Å². The summed E-state index contributed by atoms with van der Waals surface area (Å²) in [6.07, 6.45) is 1.77. The predicted octanol–water partition coefficient (Wildman–Crippen LogP) is 3.10. The topological polar surface area (TPSA) is 61.4 Å². The number of hydrogen-bond acceptors (Lipinski definition) is 3. The first-order chi connectivity index (χ1) is 12.6. The van der Waals surface area contributed by atoms with E-state index in [2.05, 4.69) is 31.5 Å². The third-order valence-corrected chi connectivity index (χ3v) is 5.79. The molecule has 1 saturated heterocycles. The maximum absolute atomic E-state index is 12.4. The van der Waals surface area contributed by atoms with Gasteiger partial charge in [-0.1, -0.05) is 46.3 Å². The molecule has 2 heterocycles. The van der Waals surface area contributed by atoms with Gasteiger partial charge in [0, 0.05) is 23.5 Å². The zero-order chi connectivity index (χ0) is 18.1. The van der Waals surface area contributed by atoms with E-state index in [9.17, 15) is 9.59 Å². The molecule has 0 bridgehead atoms. The molecule has 2 amide bonds. The summed E-state index contributed by atoms with van der Waals surface area (Å²) in [4.78, 5) is 26.8. The third kappa shape index (κ3) is 3.33. The highest BCUT2D eigenvalue weighted by molar-refractivity contribution is 9.10. The molecule has 2 aliphatic rings. The molecular weight excluding hydrogens is 394 g/mol. The summed E-state index contributed by atoms with van der Waals surface area (Å²) in [7, 11) is 0. The number of nitrogens with zero attached hydrogens (tertiary/aromatic N) is 1. The van der Waals surface area contributed by atoms with Gasteiger partial charge >= 0.3 is 0 Å². The van der Waals surface area contributed by atoms with Crippen molar-refractivity contribution in [2.24, 2.45) is 0 Å². The molecule has 6 heteroatoms. The summed E-state index contributed by atoms with van der Waals surface area (Å²) in [5.41, 5.74) is 3.00.